The van der Waals surface area contributed by atoms with Crippen molar-refractivity contribution >= 4 is 11.1 Å². The summed E-state index contributed by atoms with van der Waals surface area (Å²) in [5.74, 6) is 2.01. The number of rotatable bonds is 0. The van der Waals surface area contributed by atoms with Crippen LogP contribution in [0.2, 0.25) is 0 Å². The predicted molar refractivity (Wildman–Crippen MR) is 43.5 cm³/mol. The van der Waals surface area contributed by atoms with Crippen LogP contribution in [0.1, 0.15) is 6.42 Å². The van der Waals surface area contributed by atoms with Crippen LogP contribution in [0.4, 0.5) is 0 Å². The molecule has 2 atom stereocenters. The molecule has 1 rings (SSSR count). The normalized spacial score (nSPS) is 49.0. The molecule has 0 aliphatic carbocycles. The molecule has 1 aliphatic rings. The first-order valence-electron chi connectivity index (χ1n) is 3.19. The Balaban J connectivity index is 2.34. The third-order valence-electron chi connectivity index (χ3n) is 1.54. The zero-order valence-electron chi connectivity index (χ0n) is 5.46. The lowest BCUT2D eigenvalue weighted by Crippen LogP contribution is -2.42. The van der Waals surface area contributed by atoms with Crippen LogP contribution in [0.25, 0.3) is 0 Å². The Labute approximate surface area is 58.4 Å². The molecule has 0 spiro atoms. The fourth-order valence-electron chi connectivity index (χ4n) is 1.21. The van der Waals surface area contributed by atoms with Crippen LogP contribution in [-0.2, 0) is 0 Å². The van der Waals surface area contributed by atoms with Gasteiger partial charge in [-0.2, -0.15) is 0 Å². The molecule has 0 saturated carbocycles. The zero-order chi connectivity index (χ0) is 6.85. The van der Waals surface area contributed by atoms with Crippen molar-refractivity contribution in [1.82, 2.24) is 0 Å². The van der Waals surface area contributed by atoms with E-state index in [9.17, 15) is 0 Å². The molecule has 56 valence electrons. The van der Waals surface area contributed by atoms with Crippen molar-refractivity contribution in [2.75, 3.05) is 11.5 Å². The van der Waals surface area contributed by atoms with Gasteiger partial charge in [-0.1, -0.05) is 0 Å². The van der Waals surface area contributed by atoms with Crippen LogP contribution in [0.3, 0.4) is 0 Å². The van der Waals surface area contributed by atoms with Crippen LogP contribution in [0, 0.1) is 0 Å². The minimum Gasteiger partial charge on any atom is -0.327 e. The van der Waals surface area contributed by atoms with E-state index in [-0.39, 0.29) is 23.2 Å². The first-order valence-corrected chi connectivity index (χ1v) is 4.97. The van der Waals surface area contributed by atoms with Crippen LogP contribution in [0.15, 0.2) is 0 Å². The standard InChI is InChI=1S/C5H15N3S/c6-4-1-5(7)3-9(8)2-4/h4-5,9H,1-3,6-8H2. The van der Waals surface area contributed by atoms with E-state index in [1.807, 2.05) is 0 Å². The highest BCUT2D eigenvalue weighted by Crippen LogP contribution is 2.23. The molecule has 3 nitrogen and oxygen atoms in total. The average Bonchev–Trinajstić information content (AvgIpc) is 1.59. The van der Waals surface area contributed by atoms with Crippen molar-refractivity contribution in [2.24, 2.45) is 16.6 Å². The summed E-state index contributed by atoms with van der Waals surface area (Å²) >= 11 is -0.320. The van der Waals surface area contributed by atoms with Gasteiger partial charge in [-0.25, -0.2) is 11.1 Å². The maximum absolute atomic E-state index is 5.72. The second kappa shape index (κ2) is 2.88. The summed E-state index contributed by atoms with van der Waals surface area (Å²) in [6.07, 6.45) is 0.954. The fourth-order valence-corrected chi connectivity index (χ4v) is 2.87. The minimum absolute atomic E-state index is 0.268. The van der Waals surface area contributed by atoms with E-state index in [4.69, 9.17) is 16.6 Å². The molecular formula is C5H15N3S. The van der Waals surface area contributed by atoms with Gasteiger partial charge in [0.2, 0.25) is 0 Å². The van der Waals surface area contributed by atoms with Crippen molar-refractivity contribution in [2.45, 2.75) is 18.5 Å². The minimum atomic E-state index is -0.320. The monoisotopic (exact) mass is 149 g/mol. The molecule has 0 amide bonds. The van der Waals surface area contributed by atoms with Crippen LogP contribution in [-0.4, -0.2) is 23.6 Å². The summed E-state index contributed by atoms with van der Waals surface area (Å²) in [4.78, 5) is 0. The number of hydrogen-bond acceptors (Lipinski definition) is 3. The molecule has 0 aromatic rings. The lowest BCUT2D eigenvalue weighted by molar-refractivity contribution is 0.572. The molecule has 0 aromatic carbocycles. The van der Waals surface area contributed by atoms with E-state index in [1.165, 1.54) is 0 Å². The molecule has 1 fully saturated rings. The summed E-state index contributed by atoms with van der Waals surface area (Å²) < 4.78 is 0. The van der Waals surface area contributed by atoms with Crippen molar-refractivity contribution in [1.29, 1.82) is 0 Å². The van der Waals surface area contributed by atoms with Crippen LogP contribution >= 0.6 is 11.1 Å². The van der Waals surface area contributed by atoms with Gasteiger partial charge in [0, 0.05) is 23.6 Å². The van der Waals surface area contributed by atoms with E-state index in [0.29, 0.717) is 0 Å². The smallest absolute Gasteiger partial charge is 0.0139 e. The Kier molecular flexibility index (Phi) is 2.35. The zero-order valence-corrected chi connectivity index (χ0v) is 6.35. The molecule has 9 heavy (non-hydrogen) atoms. The SMILES string of the molecule is NC1CC(N)C[SH](N)C1. The number of nitrogens with two attached hydrogens (primary N) is 3. The molecule has 0 radical (unpaired) electrons. The molecule has 0 aromatic heterocycles. The van der Waals surface area contributed by atoms with Gasteiger partial charge in [0.05, 0.1) is 0 Å². The van der Waals surface area contributed by atoms with E-state index >= 15 is 0 Å². The maximum Gasteiger partial charge on any atom is 0.0139 e. The van der Waals surface area contributed by atoms with Gasteiger partial charge in [0.1, 0.15) is 0 Å². The van der Waals surface area contributed by atoms with Crippen molar-refractivity contribution in [3.63, 3.8) is 0 Å². The summed E-state index contributed by atoms with van der Waals surface area (Å²) in [5, 5.41) is 5.72. The lowest BCUT2D eigenvalue weighted by atomic mass is 10.1. The molecule has 4 heteroatoms. The second-order valence-corrected chi connectivity index (χ2v) is 4.62. The van der Waals surface area contributed by atoms with Crippen LogP contribution < -0.4 is 16.6 Å². The van der Waals surface area contributed by atoms with Gasteiger partial charge in [-0.05, 0) is 6.42 Å². The van der Waals surface area contributed by atoms with Gasteiger partial charge in [0.25, 0.3) is 0 Å². The highest BCUT2D eigenvalue weighted by atomic mass is 32.2. The van der Waals surface area contributed by atoms with Gasteiger partial charge in [0.15, 0.2) is 0 Å². The first kappa shape index (κ1) is 7.34. The maximum atomic E-state index is 5.72. The molecule has 1 saturated heterocycles. The largest absolute Gasteiger partial charge is 0.327 e. The van der Waals surface area contributed by atoms with Crippen molar-refractivity contribution < 1.29 is 0 Å². The molecular weight excluding hydrogens is 134 g/mol. The van der Waals surface area contributed by atoms with Gasteiger partial charge in [-0.3, -0.25) is 5.14 Å². The third-order valence-corrected chi connectivity index (χ3v) is 3.42. The topological polar surface area (TPSA) is 78.1 Å². The van der Waals surface area contributed by atoms with Crippen molar-refractivity contribution in [3.8, 4) is 0 Å². The van der Waals surface area contributed by atoms with E-state index in [0.717, 1.165) is 17.9 Å². The molecule has 1 heterocycles. The third kappa shape index (κ3) is 2.14. The lowest BCUT2D eigenvalue weighted by Gasteiger charge is -2.31. The second-order valence-electron chi connectivity index (χ2n) is 2.71. The van der Waals surface area contributed by atoms with Gasteiger partial charge >= 0.3 is 0 Å². The Morgan fingerprint density at radius 1 is 1.11 bits per heavy atom. The van der Waals surface area contributed by atoms with Crippen molar-refractivity contribution in [3.05, 3.63) is 0 Å². The van der Waals surface area contributed by atoms with Gasteiger partial charge in [-0.15, -0.1) is 0 Å². The van der Waals surface area contributed by atoms with Gasteiger partial charge < -0.3 is 11.5 Å². The molecule has 2 unspecified atom stereocenters. The summed E-state index contributed by atoms with van der Waals surface area (Å²) in [6.45, 7) is 0. The molecule has 6 N–H and O–H groups in total. The Bertz CT molecular complexity index is 73.2. The quantitative estimate of drug-likeness (QED) is 0.331. The Morgan fingerprint density at radius 2 is 1.56 bits per heavy atom. The summed E-state index contributed by atoms with van der Waals surface area (Å²) in [6, 6.07) is 0.537. The van der Waals surface area contributed by atoms with E-state index < -0.39 is 0 Å². The fraction of sp³-hybridized carbons (Fsp3) is 1.00. The van der Waals surface area contributed by atoms with E-state index in [1.54, 1.807) is 0 Å². The predicted octanol–water partition coefficient (Wildman–Crippen LogP) is -1.08. The number of thiol groups is 1. The highest BCUT2D eigenvalue weighted by molar-refractivity contribution is 8.15. The number of hydrogen-bond donors (Lipinski definition) is 4. The molecule has 1 aliphatic heterocycles. The molecule has 0 bridgehead atoms. The Morgan fingerprint density at radius 3 is 1.89 bits per heavy atom. The summed E-state index contributed by atoms with van der Waals surface area (Å²) in [5.41, 5.74) is 11.3. The highest BCUT2D eigenvalue weighted by Gasteiger charge is 2.18. The Hall–Kier alpha value is 0.230. The summed E-state index contributed by atoms with van der Waals surface area (Å²) in [7, 11) is 0. The van der Waals surface area contributed by atoms with E-state index in [2.05, 4.69) is 0 Å². The first-order chi connectivity index (χ1) is 4.18. The van der Waals surface area contributed by atoms with Crippen LogP contribution in [0.5, 0.6) is 0 Å². The average molecular weight is 149 g/mol.